The van der Waals surface area contributed by atoms with Crippen molar-refractivity contribution in [2.45, 2.75) is 25.8 Å². The summed E-state index contributed by atoms with van der Waals surface area (Å²) >= 11 is 0. The number of piperazine rings is 1. The first-order valence-corrected chi connectivity index (χ1v) is 10.5. The molecule has 3 amide bonds. The minimum absolute atomic E-state index is 0.0322. The number of hydrogen-bond acceptors (Lipinski definition) is 4. The Labute approximate surface area is 167 Å². The van der Waals surface area contributed by atoms with E-state index in [2.05, 4.69) is 22.0 Å². The highest BCUT2D eigenvalue weighted by Gasteiger charge is 2.32. The van der Waals surface area contributed by atoms with Gasteiger partial charge in [-0.05, 0) is 37.1 Å². The Morgan fingerprint density at radius 3 is 2.68 bits per heavy atom. The predicted molar refractivity (Wildman–Crippen MR) is 110 cm³/mol. The van der Waals surface area contributed by atoms with Crippen molar-refractivity contribution in [2.24, 2.45) is 0 Å². The number of likely N-dealkylation sites (tertiary alicyclic amines) is 1. The van der Waals surface area contributed by atoms with Crippen LogP contribution in [0.5, 0.6) is 0 Å². The van der Waals surface area contributed by atoms with Crippen LogP contribution in [0.1, 0.15) is 29.3 Å². The number of benzene rings is 1. The molecular weight excluding hydrogens is 354 g/mol. The molecule has 0 aliphatic carbocycles. The number of anilines is 1. The molecule has 1 aromatic rings. The van der Waals surface area contributed by atoms with Crippen LogP contribution in [0.25, 0.3) is 0 Å². The van der Waals surface area contributed by atoms with Crippen molar-refractivity contribution in [3.63, 3.8) is 0 Å². The minimum atomic E-state index is -0.0468. The second kappa shape index (κ2) is 8.09. The Bertz CT molecular complexity index is 744. The molecule has 2 fully saturated rings. The molecule has 0 aromatic heterocycles. The average Bonchev–Trinajstić information content (AvgIpc) is 3.21. The standard InChI is InChI=1S/C21H31N5O2/c1-3-24-11-13-25(14-12-24)16-7-10-26(15-16)21(28)22-19-6-4-5-18-17(19)8-9-23(2)20(18)27/h4-6,16H,3,7-15H2,1-2H3,(H,22,28). The summed E-state index contributed by atoms with van der Waals surface area (Å²) in [6.07, 6.45) is 1.81. The van der Waals surface area contributed by atoms with Gasteiger partial charge in [-0.15, -0.1) is 0 Å². The molecule has 4 rings (SSSR count). The largest absolute Gasteiger partial charge is 0.341 e. The van der Waals surface area contributed by atoms with E-state index in [1.54, 1.807) is 4.90 Å². The van der Waals surface area contributed by atoms with Gasteiger partial charge in [0.2, 0.25) is 0 Å². The number of hydrogen-bond donors (Lipinski definition) is 1. The number of nitrogens with zero attached hydrogens (tertiary/aromatic N) is 4. The van der Waals surface area contributed by atoms with Crippen molar-refractivity contribution in [3.05, 3.63) is 29.3 Å². The first kappa shape index (κ1) is 19.2. The molecule has 1 unspecified atom stereocenters. The van der Waals surface area contributed by atoms with E-state index in [0.29, 0.717) is 18.2 Å². The summed E-state index contributed by atoms with van der Waals surface area (Å²) in [5.74, 6) is 0.0322. The summed E-state index contributed by atoms with van der Waals surface area (Å²) in [6, 6.07) is 6.03. The van der Waals surface area contributed by atoms with Crippen LogP contribution in [-0.2, 0) is 6.42 Å². The third-order valence-corrected chi connectivity index (χ3v) is 6.51. The zero-order valence-corrected chi connectivity index (χ0v) is 17.0. The number of fused-ring (bicyclic) bond motifs is 1. The van der Waals surface area contributed by atoms with Crippen molar-refractivity contribution >= 4 is 17.6 Å². The molecule has 3 aliphatic rings. The molecule has 28 heavy (non-hydrogen) atoms. The minimum Gasteiger partial charge on any atom is -0.341 e. The van der Waals surface area contributed by atoms with E-state index in [4.69, 9.17) is 0 Å². The van der Waals surface area contributed by atoms with Crippen molar-refractivity contribution < 1.29 is 9.59 Å². The van der Waals surface area contributed by atoms with Gasteiger partial charge in [-0.2, -0.15) is 0 Å². The number of urea groups is 1. The van der Waals surface area contributed by atoms with Gasteiger partial charge in [-0.1, -0.05) is 13.0 Å². The first-order valence-electron chi connectivity index (χ1n) is 10.5. The second-order valence-corrected chi connectivity index (χ2v) is 8.10. The van der Waals surface area contributed by atoms with Gasteiger partial charge in [-0.25, -0.2) is 4.79 Å². The van der Waals surface area contributed by atoms with E-state index >= 15 is 0 Å². The van der Waals surface area contributed by atoms with Gasteiger partial charge in [0.15, 0.2) is 0 Å². The maximum atomic E-state index is 12.9. The van der Waals surface area contributed by atoms with Gasteiger partial charge >= 0.3 is 6.03 Å². The molecule has 3 aliphatic heterocycles. The average molecular weight is 386 g/mol. The third-order valence-electron chi connectivity index (χ3n) is 6.51. The lowest BCUT2D eigenvalue weighted by atomic mass is 9.97. The highest BCUT2D eigenvalue weighted by molar-refractivity contribution is 6.00. The van der Waals surface area contributed by atoms with Crippen LogP contribution in [0.3, 0.4) is 0 Å². The molecule has 152 valence electrons. The number of rotatable bonds is 3. The molecule has 7 heteroatoms. The molecule has 0 spiro atoms. The fourth-order valence-corrected chi connectivity index (χ4v) is 4.62. The van der Waals surface area contributed by atoms with Gasteiger partial charge in [-0.3, -0.25) is 9.69 Å². The molecule has 0 radical (unpaired) electrons. The lowest BCUT2D eigenvalue weighted by Crippen LogP contribution is -2.51. The summed E-state index contributed by atoms with van der Waals surface area (Å²) in [5, 5.41) is 3.08. The lowest BCUT2D eigenvalue weighted by Gasteiger charge is -2.37. The summed E-state index contributed by atoms with van der Waals surface area (Å²) in [6.45, 7) is 10.0. The molecule has 3 heterocycles. The van der Waals surface area contributed by atoms with E-state index < -0.39 is 0 Å². The van der Waals surface area contributed by atoms with Crippen LogP contribution in [-0.4, -0.2) is 97.0 Å². The van der Waals surface area contributed by atoms with Crippen LogP contribution < -0.4 is 5.32 Å². The lowest BCUT2D eigenvalue weighted by molar-refractivity contribution is 0.0781. The first-order chi connectivity index (χ1) is 13.6. The highest BCUT2D eigenvalue weighted by Crippen LogP contribution is 2.26. The van der Waals surface area contributed by atoms with Crippen molar-refractivity contribution in [1.82, 2.24) is 19.6 Å². The van der Waals surface area contributed by atoms with Crippen LogP contribution in [0.2, 0.25) is 0 Å². The van der Waals surface area contributed by atoms with E-state index in [9.17, 15) is 9.59 Å². The van der Waals surface area contributed by atoms with Gasteiger partial charge in [0.05, 0.1) is 0 Å². The van der Waals surface area contributed by atoms with Crippen molar-refractivity contribution in [3.8, 4) is 0 Å². The Balaban J connectivity index is 1.37. The second-order valence-electron chi connectivity index (χ2n) is 8.10. The molecule has 1 aromatic carbocycles. The number of nitrogens with one attached hydrogen (secondary N) is 1. The maximum Gasteiger partial charge on any atom is 0.321 e. The SMILES string of the molecule is CCN1CCN(C2CCN(C(=O)Nc3cccc4c3CCN(C)C4=O)C2)CC1. The van der Waals surface area contributed by atoms with Gasteiger partial charge in [0.25, 0.3) is 5.91 Å². The molecule has 1 N–H and O–H groups in total. The zero-order valence-electron chi connectivity index (χ0n) is 17.0. The summed E-state index contributed by atoms with van der Waals surface area (Å²) < 4.78 is 0. The van der Waals surface area contributed by atoms with Gasteiger partial charge < -0.3 is 20.0 Å². The highest BCUT2D eigenvalue weighted by atomic mass is 16.2. The van der Waals surface area contributed by atoms with Crippen molar-refractivity contribution in [2.75, 3.05) is 64.7 Å². The number of carbonyl (C=O) groups is 2. The summed E-state index contributed by atoms with van der Waals surface area (Å²) in [4.78, 5) is 33.9. The zero-order chi connectivity index (χ0) is 19.7. The third kappa shape index (κ3) is 3.73. The van der Waals surface area contributed by atoms with E-state index in [1.807, 2.05) is 30.1 Å². The Morgan fingerprint density at radius 1 is 1.14 bits per heavy atom. The number of amides is 3. The van der Waals surface area contributed by atoms with E-state index in [0.717, 1.165) is 69.9 Å². The van der Waals surface area contributed by atoms with Crippen molar-refractivity contribution in [1.29, 1.82) is 0 Å². The van der Waals surface area contributed by atoms with Gasteiger partial charge in [0, 0.05) is 70.2 Å². The monoisotopic (exact) mass is 385 g/mol. The van der Waals surface area contributed by atoms with Crippen LogP contribution in [0.4, 0.5) is 10.5 Å². The van der Waals surface area contributed by atoms with Gasteiger partial charge in [0.1, 0.15) is 0 Å². The fraction of sp³-hybridized carbons (Fsp3) is 0.619. The predicted octanol–water partition coefficient (Wildman–Crippen LogP) is 1.56. The summed E-state index contributed by atoms with van der Waals surface area (Å²) in [7, 11) is 1.82. The Morgan fingerprint density at radius 2 is 1.93 bits per heavy atom. The summed E-state index contributed by atoms with van der Waals surface area (Å²) in [5.41, 5.74) is 2.45. The molecule has 2 saturated heterocycles. The van der Waals surface area contributed by atoms with E-state index in [1.165, 1.54) is 0 Å². The molecule has 1 atom stereocenters. The van der Waals surface area contributed by atoms with Crippen LogP contribution in [0.15, 0.2) is 18.2 Å². The molecular formula is C21H31N5O2. The molecule has 0 bridgehead atoms. The van der Waals surface area contributed by atoms with Crippen LogP contribution in [0, 0.1) is 0 Å². The number of likely N-dealkylation sites (N-methyl/N-ethyl adjacent to an activating group) is 2. The number of carbonyl (C=O) groups excluding carboxylic acids is 2. The normalized spacial score (nSPS) is 23.8. The Kier molecular flexibility index (Phi) is 5.55. The van der Waals surface area contributed by atoms with Crippen LogP contribution >= 0.6 is 0 Å². The molecule has 0 saturated carbocycles. The molecule has 7 nitrogen and oxygen atoms in total. The fourth-order valence-electron chi connectivity index (χ4n) is 4.62. The maximum absolute atomic E-state index is 12.9. The smallest absolute Gasteiger partial charge is 0.321 e. The quantitative estimate of drug-likeness (QED) is 0.858. The topological polar surface area (TPSA) is 59.1 Å². The Hall–Kier alpha value is -2.12. The van der Waals surface area contributed by atoms with E-state index in [-0.39, 0.29) is 11.9 Å².